The highest BCUT2D eigenvalue weighted by molar-refractivity contribution is 6.05. The second-order valence-electron chi connectivity index (χ2n) is 6.12. The van der Waals surface area contributed by atoms with E-state index < -0.39 is 16.2 Å². The maximum atomic E-state index is 12.8. The van der Waals surface area contributed by atoms with E-state index in [1.54, 1.807) is 24.3 Å². The van der Waals surface area contributed by atoms with Gasteiger partial charge in [0.05, 0.1) is 5.92 Å². The molecule has 5 nitrogen and oxygen atoms in total. The lowest BCUT2D eigenvalue weighted by Gasteiger charge is -2.13. The van der Waals surface area contributed by atoms with Crippen molar-refractivity contribution in [1.82, 2.24) is 0 Å². The van der Waals surface area contributed by atoms with Gasteiger partial charge in [0.15, 0.2) is 0 Å². The number of carbonyl (C=O) groups excluding carboxylic acids is 1. The monoisotopic (exact) mass is 310 g/mol. The molecule has 2 atom stereocenters. The van der Waals surface area contributed by atoms with Crippen LogP contribution >= 0.6 is 0 Å². The van der Waals surface area contributed by atoms with Crippen molar-refractivity contribution in [3.05, 3.63) is 75.8 Å². The quantitative estimate of drug-likeness (QED) is 0.483. The summed E-state index contributed by atoms with van der Waals surface area (Å²) < 4.78 is 0. The zero-order valence-electron chi connectivity index (χ0n) is 13.1. The predicted octanol–water partition coefficient (Wildman–Crippen LogP) is 3.14. The zero-order chi connectivity index (χ0) is 16.6. The molecule has 3 rings (SSSR count). The first-order chi connectivity index (χ1) is 11.0. The van der Waals surface area contributed by atoms with Crippen molar-refractivity contribution in [2.24, 2.45) is 0 Å². The lowest BCUT2D eigenvalue weighted by Crippen LogP contribution is -2.34. The molecule has 0 aromatic heterocycles. The van der Waals surface area contributed by atoms with E-state index in [1.165, 1.54) is 0 Å². The van der Waals surface area contributed by atoms with Gasteiger partial charge in [0, 0.05) is 36.7 Å². The van der Waals surface area contributed by atoms with E-state index >= 15 is 0 Å². The van der Waals surface area contributed by atoms with Crippen LogP contribution in [-0.2, 0) is 0 Å². The van der Waals surface area contributed by atoms with Crippen LogP contribution in [0.15, 0.2) is 54.6 Å². The number of Topliss-reactive ketones (excluding diaryl/α,β-unsaturated/α-hetero) is 1. The average molecular weight is 310 g/mol. The third kappa shape index (κ3) is 2.48. The lowest BCUT2D eigenvalue weighted by molar-refractivity contribution is -0.521. The Morgan fingerprint density at radius 1 is 1.13 bits per heavy atom. The number of hydrogen-bond acceptors (Lipinski definition) is 4. The summed E-state index contributed by atoms with van der Waals surface area (Å²) in [5, 5.41) is 11.6. The van der Waals surface area contributed by atoms with Gasteiger partial charge in [-0.2, -0.15) is 0 Å². The van der Waals surface area contributed by atoms with Crippen molar-refractivity contribution in [1.29, 1.82) is 0 Å². The van der Waals surface area contributed by atoms with E-state index in [0.717, 1.165) is 11.3 Å². The van der Waals surface area contributed by atoms with Crippen molar-refractivity contribution in [2.75, 3.05) is 19.0 Å². The molecule has 0 aliphatic heterocycles. The molecular formula is C18H18N2O3. The van der Waals surface area contributed by atoms with E-state index in [-0.39, 0.29) is 12.3 Å². The first-order valence-corrected chi connectivity index (χ1v) is 7.48. The fourth-order valence-electron chi connectivity index (χ4n) is 3.03. The molecule has 1 saturated carbocycles. The van der Waals surface area contributed by atoms with Gasteiger partial charge in [-0.1, -0.05) is 30.3 Å². The van der Waals surface area contributed by atoms with Crippen LogP contribution in [0.2, 0.25) is 0 Å². The third-order valence-electron chi connectivity index (χ3n) is 4.50. The predicted molar refractivity (Wildman–Crippen MR) is 88.6 cm³/mol. The number of nitro groups is 1. The number of ketones is 1. The molecule has 0 heterocycles. The minimum atomic E-state index is -1.51. The molecule has 0 N–H and O–H groups in total. The standard InChI is InChI=1S/C18H18N2O3/c1-19(2)15-10-8-14(9-11-15)17(21)18(20(22)23)12-16(18)13-6-4-3-5-7-13/h3-11,16H,12H2,1-2H3/t16-,18-/m0/s1. The van der Waals surface area contributed by atoms with E-state index in [2.05, 4.69) is 0 Å². The minimum absolute atomic E-state index is 0.262. The number of nitrogens with zero attached hydrogens (tertiary/aromatic N) is 2. The van der Waals surface area contributed by atoms with Crippen molar-refractivity contribution in [3.63, 3.8) is 0 Å². The van der Waals surface area contributed by atoms with Crippen LogP contribution in [0.3, 0.4) is 0 Å². The molecule has 2 aromatic carbocycles. The number of rotatable bonds is 5. The molecule has 0 amide bonds. The maximum Gasteiger partial charge on any atom is 0.291 e. The summed E-state index contributed by atoms with van der Waals surface area (Å²) in [5.74, 6) is -0.749. The highest BCUT2D eigenvalue weighted by Crippen LogP contribution is 2.55. The first-order valence-electron chi connectivity index (χ1n) is 7.48. The summed E-state index contributed by atoms with van der Waals surface area (Å²) in [4.78, 5) is 25.9. The molecule has 1 aliphatic rings. The molecule has 1 aliphatic carbocycles. The van der Waals surface area contributed by atoms with Gasteiger partial charge in [-0.15, -0.1) is 0 Å². The molecule has 5 heteroatoms. The molecule has 2 aromatic rings. The molecule has 0 spiro atoms. The van der Waals surface area contributed by atoms with E-state index in [1.807, 2.05) is 49.3 Å². The Morgan fingerprint density at radius 3 is 2.26 bits per heavy atom. The Balaban J connectivity index is 1.91. The fourth-order valence-corrected chi connectivity index (χ4v) is 3.03. The van der Waals surface area contributed by atoms with Crippen LogP contribution in [0.1, 0.15) is 28.3 Å². The van der Waals surface area contributed by atoms with Gasteiger partial charge in [-0.05, 0) is 29.8 Å². The average Bonchev–Trinajstić information content (AvgIpc) is 3.32. The van der Waals surface area contributed by atoms with Gasteiger partial charge in [0.25, 0.3) is 5.54 Å². The van der Waals surface area contributed by atoms with E-state index in [9.17, 15) is 14.9 Å². The van der Waals surface area contributed by atoms with Crippen LogP contribution in [0.4, 0.5) is 5.69 Å². The highest BCUT2D eigenvalue weighted by Gasteiger charge is 2.72. The number of benzene rings is 2. The van der Waals surface area contributed by atoms with Gasteiger partial charge < -0.3 is 4.90 Å². The Hall–Kier alpha value is -2.69. The van der Waals surface area contributed by atoms with Crippen LogP contribution in [-0.4, -0.2) is 30.3 Å². The second-order valence-corrected chi connectivity index (χ2v) is 6.12. The Labute approximate surface area is 134 Å². The second kappa shape index (κ2) is 5.50. The van der Waals surface area contributed by atoms with Gasteiger partial charge in [-0.3, -0.25) is 14.9 Å². The topological polar surface area (TPSA) is 63.5 Å². The van der Waals surface area contributed by atoms with Crippen LogP contribution in [0.5, 0.6) is 0 Å². The smallest absolute Gasteiger partial charge is 0.291 e. The van der Waals surface area contributed by atoms with E-state index in [4.69, 9.17) is 0 Å². The fraction of sp³-hybridized carbons (Fsp3) is 0.278. The SMILES string of the molecule is CN(C)c1ccc(C(=O)[C@]2([N+](=O)[O-])C[C@H]2c2ccccc2)cc1. The highest BCUT2D eigenvalue weighted by atomic mass is 16.6. The number of carbonyl (C=O) groups is 1. The van der Waals surface area contributed by atoms with Crippen molar-refractivity contribution < 1.29 is 9.72 Å². The van der Waals surface area contributed by atoms with Crippen LogP contribution < -0.4 is 4.90 Å². The molecule has 0 bridgehead atoms. The maximum absolute atomic E-state index is 12.8. The Morgan fingerprint density at radius 2 is 1.74 bits per heavy atom. The Kier molecular flexibility index (Phi) is 3.64. The Bertz CT molecular complexity index is 741. The largest absolute Gasteiger partial charge is 0.378 e. The summed E-state index contributed by atoms with van der Waals surface area (Å²) in [6.07, 6.45) is 0.262. The summed E-state index contributed by atoms with van der Waals surface area (Å²) in [6, 6.07) is 16.2. The first kappa shape index (κ1) is 15.2. The summed E-state index contributed by atoms with van der Waals surface area (Å²) in [6.45, 7) is 0. The molecule has 118 valence electrons. The van der Waals surface area contributed by atoms with Gasteiger partial charge >= 0.3 is 0 Å². The van der Waals surface area contributed by atoms with Crippen LogP contribution in [0.25, 0.3) is 0 Å². The minimum Gasteiger partial charge on any atom is -0.378 e. The van der Waals surface area contributed by atoms with Crippen molar-refractivity contribution >= 4 is 11.5 Å². The number of anilines is 1. The molecular weight excluding hydrogens is 292 g/mol. The van der Waals surface area contributed by atoms with Gasteiger partial charge in [0.2, 0.25) is 5.78 Å². The normalized spacial score (nSPS) is 22.4. The van der Waals surface area contributed by atoms with Gasteiger partial charge in [-0.25, -0.2) is 0 Å². The number of hydrogen-bond donors (Lipinski definition) is 0. The molecule has 0 unspecified atom stereocenters. The molecule has 1 fully saturated rings. The van der Waals surface area contributed by atoms with E-state index in [0.29, 0.717) is 5.56 Å². The molecule has 23 heavy (non-hydrogen) atoms. The summed E-state index contributed by atoms with van der Waals surface area (Å²) in [5.41, 5.74) is 0.682. The summed E-state index contributed by atoms with van der Waals surface area (Å²) >= 11 is 0. The molecule has 0 saturated heterocycles. The summed E-state index contributed by atoms with van der Waals surface area (Å²) in [7, 11) is 3.81. The lowest BCUT2D eigenvalue weighted by atomic mass is 9.97. The van der Waals surface area contributed by atoms with Crippen LogP contribution in [0, 0.1) is 10.1 Å². The molecule has 0 radical (unpaired) electrons. The zero-order valence-corrected chi connectivity index (χ0v) is 13.1. The van der Waals surface area contributed by atoms with Gasteiger partial charge in [0.1, 0.15) is 0 Å². The van der Waals surface area contributed by atoms with Crippen molar-refractivity contribution in [3.8, 4) is 0 Å². The van der Waals surface area contributed by atoms with Crippen molar-refractivity contribution in [2.45, 2.75) is 17.9 Å². The third-order valence-corrected chi connectivity index (χ3v) is 4.50.